The molecule has 0 aliphatic rings. The predicted molar refractivity (Wildman–Crippen MR) is 127 cm³/mol. The normalized spacial score (nSPS) is 11.6. The summed E-state index contributed by atoms with van der Waals surface area (Å²) < 4.78 is 1.69. The second-order valence-corrected chi connectivity index (χ2v) is 9.47. The van der Waals surface area contributed by atoms with Gasteiger partial charge in [-0.15, -0.1) is 0 Å². The van der Waals surface area contributed by atoms with E-state index >= 15 is 0 Å². The molecular weight excluding hydrogens is 455 g/mol. The summed E-state index contributed by atoms with van der Waals surface area (Å²) in [5.41, 5.74) is 0.771. The van der Waals surface area contributed by atoms with Crippen molar-refractivity contribution in [1.29, 1.82) is 0 Å². The second kappa shape index (κ2) is 9.02. The Hall–Kier alpha value is -2.35. The number of hydrogen-bond donors (Lipinski definition) is 1. The number of aromatic nitrogens is 4. The van der Waals surface area contributed by atoms with Gasteiger partial charge in [0.05, 0.1) is 27.6 Å². The van der Waals surface area contributed by atoms with Gasteiger partial charge < -0.3 is 4.98 Å². The molecule has 2 aromatic carbocycles. The maximum Gasteiger partial charge on any atom is 0.262 e. The summed E-state index contributed by atoms with van der Waals surface area (Å²) >= 11 is 13.4. The molecule has 1 N–H and O–H groups in total. The van der Waals surface area contributed by atoms with Crippen molar-refractivity contribution in [3.8, 4) is 0 Å². The third-order valence-corrected chi connectivity index (χ3v) is 6.32. The van der Waals surface area contributed by atoms with E-state index in [9.17, 15) is 9.59 Å². The maximum atomic E-state index is 13.1. The molecule has 0 unspecified atom stereocenters. The van der Waals surface area contributed by atoms with E-state index in [1.807, 2.05) is 0 Å². The highest BCUT2D eigenvalue weighted by Gasteiger charge is 2.14. The van der Waals surface area contributed by atoms with Crippen molar-refractivity contribution >= 4 is 56.8 Å². The van der Waals surface area contributed by atoms with Crippen LogP contribution in [0.1, 0.15) is 26.1 Å². The number of nitrogens with one attached hydrogen (secondary N) is 1. The van der Waals surface area contributed by atoms with E-state index < -0.39 is 0 Å². The Morgan fingerprint density at radius 2 is 1.74 bits per heavy atom. The van der Waals surface area contributed by atoms with Gasteiger partial charge in [0, 0.05) is 16.6 Å². The lowest BCUT2D eigenvalue weighted by Crippen LogP contribution is -2.24. The summed E-state index contributed by atoms with van der Waals surface area (Å²) in [7, 11) is 0. The Balaban J connectivity index is 1.72. The van der Waals surface area contributed by atoms with Crippen LogP contribution in [-0.2, 0) is 12.3 Å². The van der Waals surface area contributed by atoms with Gasteiger partial charge in [0.25, 0.3) is 11.1 Å². The lowest BCUT2D eigenvalue weighted by Gasteiger charge is -2.14. The third kappa shape index (κ3) is 4.79. The van der Waals surface area contributed by atoms with Gasteiger partial charge in [0.1, 0.15) is 5.82 Å². The molecule has 0 aliphatic heterocycles. The highest BCUT2D eigenvalue weighted by molar-refractivity contribution is 7.98. The fraction of sp³-hybridized carbons (Fsp3) is 0.273. The summed E-state index contributed by atoms with van der Waals surface area (Å²) in [5, 5.41) is 2.55. The van der Waals surface area contributed by atoms with Gasteiger partial charge in [0.15, 0.2) is 5.16 Å². The molecule has 9 heteroatoms. The summed E-state index contributed by atoms with van der Waals surface area (Å²) in [6.07, 6.45) is 0.847. The smallest absolute Gasteiger partial charge is 0.262 e. The van der Waals surface area contributed by atoms with Gasteiger partial charge in [0.2, 0.25) is 0 Å². The Morgan fingerprint density at radius 3 is 2.52 bits per heavy atom. The SMILES string of the molecule is CC(C)CCn1c(SCc2nc3ccc(Cl)cc3c(=O)[nH]2)nc2cc(Cl)ccc2c1=O. The summed E-state index contributed by atoms with van der Waals surface area (Å²) in [6.45, 7) is 4.79. The van der Waals surface area contributed by atoms with Crippen LogP contribution in [0, 0.1) is 5.92 Å². The molecule has 4 aromatic rings. The highest BCUT2D eigenvalue weighted by atomic mass is 35.5. The number of halogens is 2. The summed E-state index contributed by atoms with van der Waals surface area (Å²) in [4.78, 5) is 37.6. The molecule has 31 heavy (non-hydrogen) atoms. The quantitative estimate of drug-likeness (QED) is 0.303. The second-order valence-electron chi connectivity index (χ2n) is 7.66. The van der Waals surface area contributed by atoms with Crippen LogP contribution in [0.5, 0.6) is 0 Å². The van der Waals surface area contributed by atoms with Gasteiger partial charge in [-0.2, -0.15) is 0 Å². The molecule has 0 fully saturated rings. The van der Waals surface area contributed by atoms with E-state index in [4.69, 9.17) is 28.2 Å². The number of H-pyrrole nitrogens is 1. The minimum Gasteiger partial charge on any atom is -0.309 e. The number of rotatable bonds is 6. The van der Waals surface area contributed by atoms with Crippen LogP contribution < -0.4 is 11.1 Å². The molecule has 0 aliphatic carbocycles. The van der Waals surface area contributed by atoms with Crippen molar-refractivity contribution in [2.24, 2.45) is 5.92 Å². The molecule has 2 aromatic heterocycles. The lowest BCUT2D eigenvalue weighted by atomic mass is 10.1. The number of aromatic amines is 1. The van der Waals surface area contributed by atoms with E-state index in [1.165, 1.54) is 11.8 Å². The average Bonchev–Trinajstić information content (AvgIpc) is 2.72. The summed E-state index contributed by atoms with van der Waals surface area (Å²) in [5.74, 6) is 1.30. The largest absolute Gasteiger partial charge is 0.309 e. The molecule has 0 amide bonds. The van der Waals surface area contributed by atoms with E-state index in [1.54, 1.807) is 41.0 Å². The van der Waals surface area contributed by atoms with E-state index in [2.05, 4.69) is 23.8 Å². The number of thioether (sulfide) groups is 1. The molecule has 160 valence electrons. The van der Waals surface area contributed by atoms with Crippen molar-refractivity contribution in [2.75, 3.05) is 0 Å². The zero-order chi connectivity index (χ0) is 22.1. The zero-order valence-electron chi connectivity index (χ0n) is 17.0. The first-order valence-corrected chi connectivity index (χ1v) is 11.6. The minimum atomic E-state index is -0.251. The van der Waals surface area contributed by atoms with Gasteiger partial charge in [-0.25, -0.2) is 9.97 Å². The van der Waals surface area contributed by atoms with Gasteiger partial charge in [-0.1, -0.05) is 48.8 Å². The van der Waals surface area contributed by atoms with E-state index in [0.29, 0.717) is 61.0 Å². The molecule has 0 saturated heterocycles. The van der Waals surface area contributed by atoms with Crippen LogP contribution in [0.3, 0.4) is 0 Å². The summed E-state index contributed by atoms with van der Waals surface area (Å²) in [6, 6.07) is 10.1. The number of nitrogens with zero attached hydrogens (tertiary/aromatic N) is 3. The standard InChI is InChI=1S/C22H20Cl2N4O2S/c1-12(2)7-8-28-21(30)15-5-3-14(24)10-18(15)26-22(28)31-11-19-25-17-6-4-13(23)9-16(17)20(29)27-19/h3-6,9-10,12H,7-8,11H2,1-2H3,(H,25,27,29). The van der Waals surface area contributed by atoms with Gasteiger partial charge in [-0.05, 0) is 48.7 Å². The van der Waals surface area contributed by atoms with Crippen LogP contribution in [0.2, 0.25) is 10.0 Å². The zero-order valence-corrected chi connectivity index (χ0v) is 19.3. The van der Waals surface area contributed by atoms with Crippen LogP contribution in [0.15, 0.2) is 51.1 Å². The monoisotopic (exact) mass is 474 g/mol. The molecule has 2 heterocycles. The topological polar surface area (TPSA) is 80.6 Å². The molecule has 0 atom stereocenters. The van der Waals surface area contributed by atoms with Gasteiger partial charge in [-0.3, -0.25) is 14.2 Å². The van der Waals surface area contributed by atoms with Crippen molar-refractivity contribution in [3.63, 3.8) is 0 Å². The maximum absolute atomic E-state index is 13.1. The fourth-order valence-corrected chi connectivity index (χ4v) is 4.46. The number of fused-ring (bicyclic) bond motifs is 2. The molecular formula is C22H20Cl2N4O2S. The minimum absolute atomic E-state index is 0.0978. The first-order valence-electron chi connectivity index (χ1n) is 9.83. The van der Waals surface area contributed by atoms with Crippen LogP contribution in [0.25, 0.3) is 21.8 Å². The Morgan fingerprint density at radius 1 is 1.00 bits per heavy atom. The van der Waals surface area contributed by atoms with E-state index in [0.717, 1.165) is 6.42 Å². The average molecular weight is 475 g/mol. The fourth-order valence-electron chi connectivity index (χ4n) is 3.23. The number of hydrogen-bond acceptors (Lipinski definition) is 5. The number of benzene rings is 2. The van der Waals surface area contributed by atoms with Crippen LogP contribution in [0.4, 0.5) is 0 Å². The Bertz CT molecular complexity index is 1400. The van der Waals surface area contributed by atoms with Crippen molar-refractivity contribution in [3.05, 3.63) is 73.0 Å². The third-order valence-electron chi connectivity index (χ3n) is 4.87. The molecule has 0 bridgehead atoms. The first kappa shape index (κ1) is 21.9. The van der Waals surface area contributed by atoms with E-state index in [-0.39, 0.29) is 11.1 Å². The molecule has 4 rings (SSSR count). The lowest BCUT2D eigenvalue weighted by molar-refractivity contribution is 0.481. The van der Waals surface area contributed by atoms with Crippen LogP contribution >= 0.6 is 35.0 Å². The van der Waals surface area contributed by atoms with Gasteiger partial charge >= 0.3 is 0 Å². The van der Waals surface area contributed by atoms with Crippen molar-refractivity contribution in [1.82, 2.24) is 19.5 Å². The molecule has 0 spiro atoms. The predicted octanol–water partition coefficient (Wildman–Crippen LogP) is 5.28. The highest BCUT2D eigenvalue weighted by Crippen LogP contribution is 2.24. The Labute approximate surface area is 192 Å². The molecule has 0 radical (unpaired) electrons. The first-order chi connectivity index (χ1) is 14.8. The Kier molecular flexibility index (Phi) is 6.36. The molecule has 0 saturated carbocycles. The van der Waals surface area contributed by atoms with Crippen molar-refractivity contribution < 1.29 is 0 Å². The van der Waals surface area contributed by atoms with Crippen LogP contribution in [-0.4, -0.2) is 19.5 Å². The molecule has 6 nitrogen and oxygen atoms in total. The van der Waals surface area contributed by atoms with Crippen molar-refractivity contribution in [2.45, 2.75) is 37.7 Å².